The molecular weight excluding hydrogens is 685 g/mol. The topological polar surface area (TPSA) is 26.6 Å². The maximum absolute atomic E-state index is 6.61. The van der Waals surface area contributed by atoms with Crippen molar-refractivity contribution in [1.29, 1.82) is 0 Å². The van der Waals surface area contributed by atoms with Gasteiger partial charge >= 0.3 is 0 Å². The lowest BCUT2D eigenvalue weighted by Crippen LogP contribution is -2.10. The maximum Gasteiger partial charge on any atom is 0.194 e. The van der Waals surface area contributed by atoms with Crippen molar-refractivity contribution in [2.24, 2.45) is 0 Å². The Hall–Kier alpha value is -7.56. The van der Waals surface area contributed by atoms with E-state index < -0.39 is 0 Å². The lowest BCUT2D eigenvalue weighted by atomic mass is 10.0. The normalized spacial score (nSPS) is 11.9. The van der Waals surface area contributed by atoms with Crippen LogP contribution in [0.15, 0.2) is 206 Å². The van der Waals surface area contributed by atoms with E-state index in [0.29, 0.717) is 11.5 Å². The van der Waals surface area contributed by atoms with Gasteiger partial charge in [0.15, 0.2) is 23.0 Å². The van der Waals surface area contributed by atoms with E-state index in [1.54, 1.807) is 0 Å². The summed E-state index contributed by atoms with van der Waals surface area (Å²) in [5.74, 6) is 2.86. The highest BCUT2D eigenvalue weighted by Crippen LogP contribution is 2.51. The number of ether oxygens (including phenoxy) is 2. The van der Waals surface area contributed by atoms with Crippen molar-refractivity contribution < 1.29 is 9.47 Å². The zero-order valence-corrected chi connectivity index (χ0v) is 30.3. The fourth-order valence-corrected chi connectivity index (χ4v) is 8.12. The molecule has 2 heterocycles. The SMILES string of the molecule is c1ccc(-c2ccc(N(c3ccc(-c4ccccc4)cc3)c3ccc4cc(-n5c6ccccc6c6ccc7c(c65)Oc5ccccc5O7)ccc4c3)cc2)cc1. The molecule has 4 nitrogen and oxygen atoms in total. The number of hydrogen-bond acceptors (Lipinski definition) is 3. The molecule has 1 aliphatic heterocycles. The largest absolute Gasteiger partial charge is 0.449 e. The number of para-hydroxylation sites is 3. The van der Waals surface area contributed by atoms with E-state index in [9.17, 15) is 0 Å². The summed E-state index contributed by atoms with van der Waals surface area (Å²) in [5, 5.41) is 4.57. The number of aromatic nitrogens is 1. The van der Waals surface area contributed by atoms with Gasteiger partial charge in [0.1, 0.15) is 5.52 Å². The van der Waals surface area contributed by atoms with Crippen LogP contribution in [0, 0.1) is 0 Å². The minimum Gasteiger partial charge on any atom is -0.449 e. The molecule has 0 amide bonds. The van der Waals surface area contributed by atoms with E-state index in [-0.39, 0.29) is 0 Å². The maximum atomic E-state index is 6.61. The molecule has 0 bridgehead atoms. The van der Waals surface area contributed by atoms with Crippen molar-refractivity contribution in [2.45, 2.75) is 0 Å². The van der Waals surface area contributed by atoms with Crippen LogP contribution >= 0.6 is 0 Å². The Morgan fingerprint density at radius 3 is 1.57 bits per heavy atom. The van der Waals surface area contributed by atoms with Crippen LogP contribution in [-0.4, -0.2) is 4.57 Å². The molecule has 0 fully saturated rings. The zero-order valence-electron chi connectivity index (χ0n) is 30.3. The van der Waals surface area contributed by atoms with Crippen LogP contribution in [0.3, 0.4) is 0 Å². The molecule has 11 rings (SSSR count). The van der Waals surface area contributed by atoms with Crippen LogP contribution in [0.1, 0.15) is 0 Å². The number of nitrogens with zero attached hydrogens (tertiary/aromatic N) is 2. The van der Waals surface area contributed by atoms with Gasteiger partial charge in [-0.15, -0.1) is 0 Å². The Labute approximate surface area is 324 Å². The highest BCUT2D eigenvalue weighted by Gasteiger charge is 2.25. The minimum absolute atomic E-state index is 0.708. The third-order valence-electron chi connectivity index (χ3n) is 10.8. The van der Waals surface area contributed by atoms with E-state index in [2.05, 4.69) is 185 Å². The fourth-order valence-electron chi connectivity index (χ4n) is 8.12. The Kier molecular flexibility index (Phi) is 7.46. The zero-order chi connectivity index (χ0) is 37.0. The summed E-state index contributed by atoms with van der Waals surface area (Å²) < 4.78 is 15.3. The van der Waals surface area contributed by atoms with Gasteiger partial charge in [-0.1, -0.05) is 127 Å². The Bertz CT molecular complexity index is 2980. The average Bonchev–Trinajstić information content (AvgIpc) is 3.61. The molecule has 56 heavy (non-hydrogen) atoms. The summed E-state index contributed by atoms with van der Waals surface area (Å²) >= 11 is 0. The van der Waals surface area contributed by atoms with E-state index in [4.69, 9.17) is 9.47 Å². The molecule has 0 atom stereocenters. The second-order valence-electron chi connectivity index (χ2n) is 14.2. The van der Waals surface area contributed by atoms with E-state index in [1.165, 1.54) is 22.3 Å². The summed E-state index contributed by atoms with van der Waals surface area (Å²) in [5.41, 5.74) is 11.2. The van der Waals surface area contributed by atoms with Crippen molar-refractivity contribution >= 4 is 49.6 Å². The van der Waals surface area contributed by atoms with Gasteiger partial charge < -0.3 is 18.9 Å². The van der Waals surface area contributed by atoms with E-state index in [0.717, 1.165) is 66.8 Å². The molecule has 1 aromatic heterocycles. The molecule has 0 saturated heterocycles. The Morgan fingerprint density at radius 1 is 0.357 bits per heavy atom. The average molecular weight is 719 g/mol. The predicted molar refractivity (Wildman–Crippen MR) is 230 cm³/mol. The van der Waals surface area contributed by atoms with Gasteiger partial charge in [-0.3, -0.25) is 0 Å². The highest BCUT2D eigenvalue weighted by atomic mass is 16.6. The minimum atomic E-state index is 0.708. The van der Waals surface area contributed by atoms with Gasteiger partial charge in [-0.2, -0.15) is 0 Å². The van der Waals surface area contributed by atoms with Crippen LogP contribution in [-0.2, 0) is 0 Å². The Morgan fingerprint density at radius 2 is 0.893 bits per heavy atom. The van der Waals surface area contributed by atoms with Crippen LogP contribution in [0.2, 0.25) is 0 Å². The molecule has 4 heteroatoms. The van der Waals surface area contributed by atoms with Crippen LogP contribution in [0.4, 0.5) is 17.1 Å². The quantitative estimate of drug-likeness (QED) is 0.171. The van der Waals surface area contributed by atoms with Gasteiger partial charge in [-0.05, 0) is 112 Å². The van der Waals surface area contributed by atoms with Crippen LogP contribution < -0.4 is 14.4 Å². The standard InChI is InChI=1S/C52H34N2O2/c1-3-11-35(12-4-1)37-19-25-41(26-20-37)53(42-27-21-38(22-28-42)36-13-5-2-6-14-36)43-29-23-40-34-44(30-24-39(40)33-43)54-47-16-8-7-15-45(47)46-31-32-50-52(51(46)54)56-49-18-10-9-17-48(49)55-50/h1-34H. The number of rotatable bonds is 6. The summed E-state index contributed by atoms with van der Waals surface area (Å²) in [6.07, 6.45) is 0. The monoisotopic (exact) mass is 718 g/mol. The molecule has 9 aromatic carbocycles. The third kappa shape index (κ3) is 5.39. The van der Waals surface area contributed by atoms with Crippen molar-refractivity contribution in [3.63, 3.8) is 0 Å². The van der Waals surface area contributed by atoms with E-state index in [1.807, 2.05) is 30.3 Å². The van der Waals surface area contributed by atoms with Crippen molar-refractivity contribution in [3.8, 4) is 50.9 Å². The first kappa shape index (κ1) is 31.9. The Balaban J connectivity index is 1.02. The van der Waals surface area contributed by atoms with Gasteiger partial charge in [-0.25, -0.2) is 0 Å². The molecule has 0 N–H and O–H groups in total. The van der Waals surface area contributed by atoms with Crippen LogP contribution in [0.5, 0.6) is 23.0 Å². The predicted octanol–water partition coefficient (Wildman–Crippen LogP) is 14.6. The fraction of sp³-hybridized carbons (Fsp3) is 0. The van der Waals surface area contributed by atoms with Gasteiger partial charge in [0.2, 0.25) is 0 Å². The second kappa shape index (κ2) is 13.1. The van der Waals surface area contributed by atoms with Gasteiger partial charge in [0.05, 0.1) is 5.52 Å². The molecule has 0 spiro atoms. The number of hydrogen-bond donors (Lipinski definition) is 0. The molecule has 0 saturated carbocycles. The van der Waals surface area contributed by atoms with Crippen LogP contribution in [0.25, 0.3) is 60.5 Å². The summed E-state index contributed by atoms with van der Waals surface area (Å²) in [7, 11) is 0. The number of anilines is 3. The summed E-state index contributed by atoms with van der Waals surface area (Å²) in [6.45, 7) is 0. The summed E-state index contributed by atoms with van der Waals surface area (Å²) in [4.78, 5) is 2.34. The second-order valence-corrected chi connectivity index (χ2v) is 14.2. The summed E-state index contributed by atoms with van der Waals surface area (Å²) in [6, 6.07) is 72.8. The van der Waals surface area contributed by atoms with Crippen molar-refractivity contribution in [2.75, 3.05) is 4.90 Å². The number of benzene rings is 9. The molecule has 0 radical (unpaired) electrons. The van der Waals surface area contributed by atoms with Gasteiger partial charge in [0, 0.05) is 33.5 Å². The molecular formula is C52H34N2O2. The smallest absolute Gasteiger partial charge is 0.194 e. The van der Waals surface area contributed by atoms with Crippen molar-refractivity contribution in [3.05, 3.63) is 206 Å². The first-order valence-corrected chi connectivity index (χ1v) is 18.9. The molecule has 0 unspecified atom stereocenters. The molecule has 1 aliphatic rings. The van der Waals surface area contributed by atoms with E-state index >= 15 is 0 Å². The molecule has 10 aromatic rings. The highest BCUT2D eigenvalue weighted by molar-refractivity contribution is 6.12. The third-order valence-corrected chi connectivity index (χ3v) is 10.8. The molecule has 0 aliphatic carbocycles. The lowest BCUT2D eigenvalue weighted by Gasteiger charge is -2.26. The molecule has 264 valence electrons. The van der Waals surface area contributed by atoms with Crippen molar-refractivity contribution in [1.82, 2.24) is 4.57 Å². The first-order valence-electron chi connectivity index (χ1n) is 18.9. The number of fused-ring (bicyclic) bond motifs is 7. The lowest BCUT2D eigenvalue weighted by molar-refractivity contribution is 0.362. The van der Waals surface area contributed by atoms with Gasteiger partial charge in [0.25, 0.3) is 0 Å². The first-order chi connectivity index (χ1) is 27.7.